The minimum absolute atomic E-state index is 0.197. The molecule has 0 aliphatic heterocycles. The van der Waals surface area contributed by atoms with Gasteiger partial charge < -0.3 is 0 Å². The first-order chi connectivity index (χ1) is 8.95. The Bertz CT molecular complexity index is 593. The second-order valence-electron chi connectivity index (χ2n) is 3.86. The van der Waals surface area contributed by atoms with Crippen LogP contribution in [0.5, 0.6) is 0 Å². The van der Waals surface area contributed by atoms with Crippen LogP contribution in [-0.2, 0) is 6.18 Å². The van der Waals surface area contributed by atoms with E-state index in [-0.39, 0.29) is 4.90 Å². The summed E-state index contributed by atoms with van der Waals surface area (Å²) in [6, 6.07) is 11.0. The molecule has 0 nitrogen and oxygen atoms in total. The molecule has 0 amide bonds. The Hall–Kier alpha value is -1.13. The van der Waals surface area contributed by atoms with Gasteiger partial charge in [0.05, 0.1) is 5.56 Å². The van der Waals surface area contributed by atoms with Crippen LogP contribution >= 0.6 is 23.4 Å². The molecule has 0 bridgehead atoms. The van der Waals surface area contributed by atoms with Crippen molar-refractivity contribution in [2.75, 3.05) is 6.26 Å². The molecule has 2 rings (SSSR count). The third kappa shape index (κ3) is 2.90. The standard InChI is InChI=1S/C14H10ClF3S/c1-19-13-10(9-5-2-3-8-12(9)15)6-4-7-11(13)14(16,17)18/h2-8H,1H3. The minimum Gasteiger partial charge on any atom is -0.166 e. The van der Waals surface area contributed by atoms with Gasteiger partial charge in [0.25, 0.3) is 0 Å². The van der Waals surface area contributed by atoms with Gasteiger partial charge in [-0.3, -0.25) is 0 Å². The smallest absolute Gasteiger partial charge is 0.166 e. The number of rotatable bonds is 2. The van der Waals surface area contributed by atoms with E-state index in [1.54, 1.807) is 36.6 Å². The number of hydrogen-bond acceptors (Lipinski definition) is 1. The van der Waals surface area contributed by atoms with Crippen LogP contribution in [0, 0.1) is 0 Å². The molecule has 0 aliphatic carbocycles. The van der Waals surface area contributed by atoms with E-state index in [1.165, 1.54) is 6.07 Å². The van der Waals surface area contributed by atoms with Crippen LogP contribution < -0.4 is 0 Å². The third-order valence-corrected chi connectivity index (χ3v) is 3.87. The zero-order chi connectivity index (χ0) is 14.0. The van der Waals surface area contributed by atoms with E-state index in [0.717, 1.165) is 17.8 Å². The molecule has 0 spiro atoms. The monoisotopic (exact) mass is 302 g/mol. The second kappa shape index (κ2) is 5.47. The van der Waals surface area contributed by atoms with E-state index in [2.05, 4.69) is 0 Å². The summed E-state index contributed by atoms with van der Waals surface area (Å²) in [5.41, 5.74) is 0.491. The average molecular weight is 303 g/mol. The van der Waals surface area contributed by atoms with Crippen molar-refractivity contribution >= 4 is 23.4 Å². The molecule has 2 aromatic carbocycles. The highest BCUT2D eigenvalue weighted by molar-refractivity contribution is 7.98. The number of alkyl halides is 3. The predicted octanol–water partition coefficient (Wildman–Crippen LogP) is 5.75. The summed E-state index contributed by atoms with van der Waals surface area (Å²) >= 11 is 7.14. The van der Waals surface area contributed by atoms with Gasteiger partial charge in [0.15, 0.2) is 0 Å². The Labute approximate surface area is 118 Å². The highest BCUT2D eigenvalue weighted by Gasteiger charge is 2.34. The minimum atomic E-state index is -4.37. The lowest BCUT2D eigenvalue weighted by Gasteiger charge is -2.16. The number of halogens is 4. The molecule has 0 radical (unpaired) electrons. The second-order valence-corrected chi connectivity index (χ2v) is 5.09. The molecule has 100 valence electrons. The first kappa shape index (κ1) is 14.3. The summed E-state index contributed by atoms with van der Waals surface area (Å²) < 4.78 is 39.0. The van der Waals surface area contributed by atoms with E-state index in [4.69, 9.17) is 11.6 Å². The number of benzene rings is 2. The molecule has 0 fully saturated rings. The van der Waals surface area contributed by atoms with Gasteiger partial charge in [-0.2, -0.15) is 13.2 Å². The summed E-state index contributed by atoms with van der Waals surface area (Å²) in [6.45, 7) is 0. The normalized spacial score (nSPS) is 11.6. The SMILES string of the molecule is CSc1c(-c2ccccc2Cl)cccc1C(F)(F)F. The lowest BCUT2D eigenvalue weighted by Crippen LogP contribution is -2.07. The van der Waals surface area contributed by atoms with Crippen LogP contribution in [0.2, 0.25) is 5.02 Å². The zero-order valence-electron chi connectivity index (χ0n) is 9.96. The van der Waals surface area contributed by atoms with E-state index in [9.17, 15) is 13.2 Å². The van der Waals surface area contributed by atoms with Gasteiger partial charge in [-0.1, -0.05) is 41.9 Å². The van der Waals surface area contributed by atoms with E-state index >= 15 is 0 Å². The molecular formula is C14H10ClF3S. The van der Waals surface area contributed by atoms with Crippen LogP contribution in [0.3, 0.4) is 0 Å². The first-order valence-electron chi connectivity index (χ1n) is 5.44. The predicted molar refractivity (Wildman–Crippen MR) is 73.7 cm³/mol. The Morgan fingerprint density at radius 3 is 2.16 bits per heavy atom. The fourth-order valence-electron chi connectivity index (χ4n) is 1.87. The van der Waals surface area contributed by atoms with Crippen molar-refractivity contribution in [2.24, 2.45) is 0 Å². The highest BCUT2D eigenvalue weighted by atomic mass is 35.5. The van der Waals surface area contributed by atoms with Crippen molar-refractivity contribution in [1.29, 1.82) is 0 Å². The summed E-state index contributed by atoms with van der Waals surface area (Å²) in [4.78, 5) is 0.197. The van der Waals surface area contributed by atoms with Crippen molar-refractivity contribution in [2.45, 2.75) is 11.1 Å². The number of thioether (sulfide) groups is 1. The molecular weight excluding hydrogens is 293 g/mol. The molecule has 19 heavy (non-hydrogen) atoms. The number of hydrogen-bond donors (Lipinski definition) is 0. The van der Waals surface area contributed by atoms with Gasteiger partial charge in [0.2, 0.25) is 0 Å². The average Bonchev–Trinajstić information content (AvgIpc) is 2.37. The van der Waals surface area contributed by atoms with Gasteiger partial charge in [0, 0.05) is 15.5 Å². The molecule has 0 N–H and O–H groups in total. The third-order valence-electron chi connectivity index (χ3n) is 2.69. The first-order valence-corrected chi connectivity index (χ1v) is 7.04. The molecule has 0 saturated heterocycles. The quantitative estimate of drug-likeness (QED) is 0.637. The van der Waals surface area contributed by atoms with Crippen LogP contribution in [0.25, 0.3) is 11.1 Å². The van der Waals surface area contributed by atoms with Crippen molar-refractivity contribution < 1.29 is 13.2 Å². The molecule has 0 saturated carbocycles. The fraction of sp³-hybridized carbons (Fsp3) is 0.143. The van der Waals surface area contributed by atoms with Gasteiger partial charge in [-0.25, -0.2) is 0 Å². The summed E-state index contributed by atoms with van der Waals surface area (Å²) in [6.07, 6.45) is -2.74. The Morgan fingerprint density at radius 1 is 0.947 bits per heavy atom. The topological polar surface area (TPSA) is 0 Å². The van der Waals surface area contributed by atoms with Gasteiger partial charge in [-0.15, -0.1) is 11.8 Å². The molecule has 0 atom stereocenters. The van der Waals surface area contributed by atoms with Crippen LogP contribution in [0.15, 0.2) is 47.4 Å². The van der Waals surface area contributed by atoms with Crippen LogP contribution in [0.1, 0.15) is 5.56 Å². The Balaban J connectivity index is 2.69. The zero-order valence-corrected chi connectivity index (χ0v) is 11.5. The van der Waals surface area contributed by atoms with E-state index in [1.807, 2.05) is 0 Å². The molecule has 2 aromatic rings. The van der Waals surface area contributed by atoms with Gasteiger partial charge in [0.1, 0.15) is 0 Å². The largest absolute Gasteiger partial charge is 0.417 e. The summed E-state index contributed by atoms with van der Waals surface area (Å²) in [7, 11) is 0. The van der Waals surface area contributed by atoms with Crippen molar-refractivity contribution in [3.63, 3.8) is 0 Å². The van der Waals surface area contributed by atoms with Crippen molar-refractivity contribution in [3.8, 4) is 11.1 Å². The van der Waals surface area contributed by atoms with E-state index in [0.29, 0.717) is 16.1 Å². The van der Waals surface area contributed by atoms with Gasteiger partial charge >= 0.3 is 6.18 Å². The lowest BCUT2D eigenvalue weighted by molar-refractivity contribution is -0.139. The maximum Gasteiger partial charge on any atom is 0.417 e. The molecule has 5 heteroatoms. The van der Waals surface area contributed by atoms with Crippen LogP contribution in [0.4, 0.5) is 13.2 Å². The Kier molecular flexibility index (Phi) is 4.11. The molecule has 0 aromatic heterocycles. The molecule has 0 unspecified atom stereocenters. The van der Waals surface area contributed by atoms with Crippen molar-refractivity contribution in [3.05, 3.63) is 53.1 Å². The van der Waals surface area contributed by atoms with Crippen molar-refractivity contribution in [1.82, 2.24) is 0 Å². The fourth-order valence-corrected chi connectivity index (χ4v) is 2.91. The van der Waals surface area contributed by atoms with Crippen LogP contribution in [-0.4, -0.2) is 6.26 Å². The summed E-state index contributed by atoms with van der Waals surface area (Å²) in [5.74, 6) is 0. The Morgan fingerprint density at radius 2 is 1.58 bits per heavy atom. The maximum atomic E-state index is 13.0. The maximum absolute atomic E-state index is 13.0. The highest BCUT2D eigenvalue weighted by Crippen LogP contribution is 2.42. The van der Waals surface area contributed by atoms with E-state index < -0.39 is 11.7 Å². The molecule has 0 heterocycles. The molecule has 0 aliphatic rings. The lowest BCUT2D eigenvalue weighted by atomic mass is 10.0. The summed E-state index contributed by atoms with van der Waals surface area (Å²) in [5, 5.41) is 0.442. The van der Waals surface area contributed by atoms with Gasteiger partial charge in [-0.05, 0) is 24.0 Å².